The lowest BCUT2D eigenvalue weighted by atomic mass is 9.89. The zero-order valence-corrected chi connectivity index (χ0v) is 19.5. The fourth-order valence-corrected chi connectivity index (χ4v) is 5.81. The first-order valence-electron chi connectivity index (χ1n) is 12.0. The van der Waals surface area contributed by atoms with Gasteiger partial charge in [-0.2, -0.15) is 4.40 Å². The fourth-order valence-electron chi connectivity index (χ4n) is 5.81. The Morgan fingerprint density at radius 1 is 0.781 bits per heavy atom. The molecule has 0 aliphatic carbocycles. The van der Waals surface area contributed by atoms with Crippen LogP contribution in [0.2, 0.25) is 0 Å². The Morgan fingerprint density at radius 3 is 2.16 bits per heavy atom. The van der Waals surface area contributed by atoms with E-state index in [-0.39, 0.29) is 0 Å². The van der Waals surface area contributed by atoms with Crippen molar-refractivity contribution in [1.82, 2.24) is 4.40 Å². The molecule has 0 fully saturated rings. The highest BCUT2D eigenvalue weighted by Crippen LogP contribution is 2.39. The van der Waals surface area contributed by atoms with Gasteiger partial charge in [0.15, 0.2) is 5.69 Å². The number of rotatable bonds is 5. The third kappa shape index (κ3) is 2.82. The molecule has 0 saturated heterocycles. The highest BCUT2D eigenvalue weighted by Gasteiger charge is 2.32. The van der Waals surface area contributed by atoms with Crippen molar-refractivity contribution in [3.8, 4) is 11.3 Å². The van der Waals surface area contributed by atoms with Crippen molar-refractivity contribution in [2.24, 2.45) is 11.8 Å². The maximum Gasteiger partial charge on any atom is 0.295 e. The molecule has 32 heavy (non-hydrogen) atoms. The summed E-state index contributed by atoms with van der Waals surface area (Å²) >= 11 is 0. The van der Waals surface area contributed by atoms with E-state index in [9.17, 15) is 0 Å². The van der Waals surface area contributed by atoms with Gasteiger partial charge in [0.25, 0.3) is 5.65 Å². The van der Waals surface area contributed by atoms with Crippen LogP contribution in [0.15, 0.2) is 66.9 Å². The van der Waals surface area contributed by atoms with Gasteiger partial charge in [-0.3, -0.25) is 0 Å². The number of hydrogen-bond donors (Lipinski definition) is 0. The Kier molecular flexibility index (Phi) is 4.40. The first-order valence-corrected chi connectivity index (χ1v) is 12.0. The van der Waals surface area contributed by atoms with Crippen LogP contribution in [-0.2, 0) is 19.4 Å². The van der Waals surface area contributed by atoms with E-state index < -0.39 is 0 Å². The van der Waals surface area contributed by atoms with E-state index in [4.69, 9.17) is 0 Å². The molecule has 2 heteroatoms. The number of pyridine rings is 1. The summed E-state index contributed by atoms with van der Waals surface area (Å²) in [6.45, 7) is 10.3. The molecule has 0 radical (unpaired) electrons. The Bertz CT molecular complexity index is 1470. The number of aromatic nitrogens is 2. The standard InChI is InChI=1S/C30H31N2/c1-19(2)15-21-9-7-10-22(16-20(3)4)28(21)27-18-31-17-23-11-8-13-25-24-12-5-6-14-26(24)32(27)30(31)29(23)25/h5-14,18-20H,15-17H2,1-4H3/q+1. The molecule has 2 nitrogen and oxygen atoms in total. The van der Waals surface area contributed by atoms with Crippen molar-refractivity contribution < 1.29 is 4.57 Å². The summed E-state index contributed by atoms with van der Waals surface area (Å²) in [6, 6.07) is 22.7. The molecule has 3 aromatic carbocycles. The number of fused-ring (bicyclic) bond motifs is 3. The zero-order valence-electron chi connectivity index (χ0n) is 19.5. The minimum Gasteiger partial charge on any atom is -0.225 e. The second kappa shape index (κ2) is 7.20. The van der Waals surface area contributed by atoms with Crippen LogP contribution in [0.3, 0.4) is 0 Å². The van der Waals surface area contributed by atoms with E-state index in [0.717, 1.165) is 19.4 Å². The van der Waals surface area contributed by atoms with Crippen molar-refractivity contribution in [3.63, 3.8) is 0 Å². The second-order valence-electron chi connectivity index (χ2n) is 10.3. The highest BCUT2D eigenvalue weighted by atomic mass is 15.1. The van der Waals surface area contributed by atoms with E-state index in [1.165, 1.54) is 55.3 Å². The van der Waals surface area contributed by atoms with Gasteiger partial charge in [0, 0.05) is 21.9 Å². The predicted octanol–water partition coefficient (Wildman–Crippen LogP) is 6.96. The summed E-state index contributed by atoms with van der Waals surface area (Å²) in [7, 11) is 0. The van der Waals surface area contributed by atoms with Crippen LogP contribution in [-0.4, -0.2) is 4.40 Å². The number of para-hydroxylation sites is 1. The van der Waals surface area contributed by atoms with Gasteiger partial charge in [-0.1, -0.05) is 82.3 Å². The SMILES string of the molecule is CC(C)Cc1cccc(CC(C)C)c1-c1c[n+]2c3c4c(cccc4c4ccccc4n13)C2. The van der Waals surface area contributed by atoms with E-state index >= 15 is 0 Å². The largest absolute Gasteiger partial charge is 0.295 e. The van der Waals surface area contributed by atoms with Gasteiger partial charge in [0.1, 0.15) is 18.3 Å². The molecule has 6 rings (SSSR count). The molecular weight excluding hydrogens is 388 g/mol. The first kappa shape index (κ1) is 19.5. The summed E-state index contributed by atoms with van der Waals surface area (Å²) in [6.07, 6.45) is 4.63. The Hall–Kier alpha value is -3.13. The lowest BCUT2D eigenvalue weighted by Gasteiger charge is -2.16. The molecule has 160 valence electrons. The van der Waals surface area contributed by atoms with E-state index in [1.54, 1.807) is 0 Å². The van der Waals surface area contributed by atoms with Crippen LogP contribution in [0, 0.1) is 11.8 Å². The molecule has 1 aliphatic rings. The minimum atomic E-state index is 0.624. The molecule has 0 spiro atoms. The lowest BCUT2D eigenvalue weighted by Crippen LogP contribution is -2.28. The molecule has 1 aliphatic heterocycles. The Labute approximate surface area is 190 Å². The number of imidazole rings is 1. The maximum atomic E-state index is 2.55. The summed E-state index contributed by atoms with van der Waals surface area (Å²) in [5.74, 6) is 1.25. The molecule has 0 bridgehead atoms. The zero-order chi connectivity index (χ0) is 22.0. The van der Waals surface area contributed by atoms with Crippen molar-refractivity contribution in [2.45, 2.75) is 47.1 Å². The van der Waals surface area contributed by atoms with Gasteiger partial charge in [0.05, 0.1) is 5.39 Å². The molecule has 0 N–H and O–H groups in total. The normalized spacial score (nSPS) is 13.1. The van der Waals surface area contributed by atoms with Gasteiger partial charge >= 0.3 is 0 Å². The van der Waals surface area contributed by atoms with E-state index in [1.807, 2.05) is 0 Å². The van der Waals surface area contributed by atoms with Crippen LogP contribution in [0.1, 0.15) is 44.4 Å². The van der Waals surface area contributed by atoms with Crippen molar-refractivity contribution in [1.29, 1.82) is 0 Å². The third-order valence-corrected chi connectivity index (χ3v) is 6.90. The molecule has 0 amide bonds. The summed E-state index contributed by atoms with van der Waals surface area (Å²) in [4.78, 5) is 0. The minimum absolute atomic E-state index is 0.624. The maximum absolute atomic E-state index is 2.55. The monoisotopic (exact) mass is 419 g/mol. The van der Waals surface area contributed by atoms with Crippen molar-refractivity contribution in [3.05, 3.63) is 83.6 Å². The van der Waals surface area contributed by atoms with E-state index in [0.29, 0.717) is 11.8 Å². The van der Waals surface area contributed by atoms with Gasteiger partial charge < -0.3 is 0 Å². The topological polar surface area (TPSA) is 8.29 Å². The number of benzene rings is 3. The van der Waals surface area contributed by atoms with Crippen LogP contribution >= 0.6 is 0 Å². The van der Waals surface area contributed by atoms with Gasteiger partial charge in [-0.25, -0.2) is 4.57 Å². The molecule has 0 unspecified atom stereocenters. The molecule has 3 heterocycles. The molecule has 0 atom stereocenters. The predicted molar refractivity (Wildman–Crippen MR) is 134 cm³/mol. The second-order valence-corrected chi connectivity index (χ2v) is 10.3. The van der Waals surface area contributed by atoms with Crippen molar-refractivity contribution >= 4 is 27.3 Å². The van der Waals surface area contributed by atoms with Gasteiger partial charge in [-0.05, 0) is 41.9 Å². The van der Waals surface area contributed by atoms with Gasteiger partial charge in [-0.15, -0.1) is 0 Å². The van der Waals surface area contributed by atoms with E-state index in [2.05, 4.69) is 104 Å². The average Bonchev–Trinajstić information content (AvgIpc) is 3.29. The van der Waals surface area contributed by atoms with Crippen LogP contribution in [0.4, 0.5) is 0 Å². The summed E-state index contributed by atoms with van der Waals surface area (Å²) < 4.78 is 5.03. The molecule has 5 aromatic rings. The fraction of sp³-hybridized carbons (Fsp3) is 0.300. The molecule has 2 aromatic heterocycles. The lowest BCUT2D eigenvalue weighted by molar-refractivity contribution is -0.657. The average molecular weight is 420 g/mol. The Balaban J connectivity index is 1.77. The Morgan fingerprint density at radius 2 is 1.44 bits per heavy atom. The summed E-state index contributed by atoms with van der Waals surface area (Å²) in [5, 5.41) is 4.14. The smallest absolute Gasteiger partial charge is 0.225 e. The summed E-state index contributed by atoms with van der Waals surface area (Å²) in [5.41, 5.74) is 9.83. The van der Waals surface area contributed by atoms with Crippen LogP contribution in [0.5, 0.6) is 0 Å². The van der Waals surface area contributed by atoms with Crippen LogP contribution in [0.25, 0.3) is 38.6 Å². The van der Waals surface area contributed by atoms with Crippen LogP contribution < -0.4 is 4.57 Å². The van der Waals surface area contributed by atoms with Crippen molar-refractivity contribution in [2.75, 3.05) is 0 Å². The highest BCUT2D eigenvalue weighted by molar-refractivity contribution is 6.13. The molecular formula is C30H31N2+. The first-order chi connectivity index (χ1) is 15.5. The van der Waals surface area contributed by atoms with Gasteiger partial charge in [0.2, 0.25) is 0 Å². The third-order valence-electron chi connectivity index (χ3n) is 6.90. The number of nitrogens with zero attached hydrogens (tertiary/aromatic N) is 2. The quantitative estimate of drug-likeness (QED) is 0.211. The molecule has 0 saturated carbocycles. The number of hydrogen-bond acceptors (Lipinski definition) is 0.